The van der Waals surface area contributed by atoms with Gasteiger partial charge in [-0.15, -0.1) is 0 Å². The number of hydrogen-bond acceptors (Lipinski definition) is 14. The van der Waals surface area contributed by atoms with Crippen LogP contribution in [-0.4, -0.2) is 93.5 Å². The van der Waals surface area contributed by atoms with E-state index in [-0.39, 0.29) is 46.0 Å². The summed E-state index contributed by atoms with van der Waals surface area (Å²) in [7, 11) is 0. The first-order chi connectivity index (χ1) is 29.8. The highest BCUT2D eigenvalue weighted by molar-refractivity contribution is 5.69. The molecule has 2 heterocycles. The molecule has 2 aliphatic heterocycles. The molecule has 0 amide bonds. The monoisotopic (exact) mass is 842 g/mol. The number of aliphatic hydroxyl groups excluding tert-OH is 4. The Bertz CT molecular complexity index is 2680. The molecule has 318 valence electrons. The second-order valence-electron chi connectivity index (χ2n) is 16.5. The highest BCUT2D eigenvalue weighted by atomic mass is 16.7. The van der Waals surface area contributed by atoms with Crippen molar-refractivity contribution in [3.05, 3.63) is 159 Å². The number of hydrogen-bond donors (Lipinski definition) is 11. The molecule has 0 radical (unpaired) electrons. The van der Waals surface area contributed by atoms with E-state index in [0.717, 1.165) is 0 Å². The lowest BCUT2D eigenvalue weighted by molar-refractivity contribution is -0.277. The molecule has 0 aromatic heterocycles. The van der Waals surface area contributed by atoms with Crippen LogP contribution in [0.2, 0.25) is 0 Å². The molecule has 0 bridgehead atoms. The average molecular weight is 843 g/mol. The quantitative estimate of drug-likeness (QED) is 0.103. The topological polar surface area (TPSA) is 250 Å². The van der Waals surface area contributed by atoms with E-state index in [1.807, 2.05) is 0 Å². The summed E-state index contributed by atoms with van der Waals surface area (Å²) >= 11 is 0. The minimum Gasteiger partial charge on any atom is -0.508 e. The van der Waals surface area contributed by atoms with Gasteiger partial charge in [-0.05, 0) is 88.0 Å². The van der Waals surface area contributed by atoms with Gasteiger partial charge in [0.15, 0.2) is 0 Å². The van der Waals surface area contributed by atoms with Gasteiger partial charge >= 0.3 is 0 Å². The summed E-state index contributed by atoms with van der Waals surface area (Å²) in [6, 6.07) is 28.4. The fourth-order valence-corrected chi connectivity index (χ4v) is 10.4. The molecule has 0 spiro atoms. The van der Waals surface area contributed by atoms with Crippen molar-refractivity contribution in [1.29, 1.82) is 0 Å². The van der Waals surface area contributed by atoms with Crippen molar-refractivity contribution in [1.82, 2.24) is 0 Å². The maximum absolute atomic E-state index is 12.3. The number of phenolic OH excluding ortho intramolecular Hbond substituents is 7. The summed E-state index contributed by atoms with van der Waals surface area (Å²) < 4.78 is 18.6. The van der Waals surface area contributed by atoms with E-state index in [2.05, 4.69) is 0 Å². The fraction of sp³-hybridized carbons (Fsp3) is 0.250. The van der Waals surface area contributed by atoms with E-state index >= 15 is 0 Å². The van der Waals surface area contributed by atoms with Crippen molar-refractivity contribution < 1.29 is 70.4 Å². The maximum atomic E-state index is 12.3. The summed E-state index contributed by atoms with van der Waals surface area (Å²) in [4.78, 5) is 0. The van der Waals surface area contributed by atoms with Crippen LogP contribution in [0, 0.1) is 0 Å². The Morgan fingerprint density at radius 1 is 0.468 bits per heavy atom. The van der Waals surface area contributed by atoms with Crippen molar-refractivity contribution in [3.8, 4) is 51.7 Å². The Morgan fingerprint density at radius 3 is 1.55 bits per heavy atom. The van der Waals surface area contributed by atoms with Crippen molar-refractivity contribution in [2.75, 3.05) is 6.61 Å². The van der Waals surface area contributed by atoms with Gasteiger partial charge in [0.2, 0.25) is 6.29 Å². The van der Waals surface area contributed by atoms with Crippen LogP contribution >= 0.6 is 0 Å². The minimum absolute atomic E-state index is 0.00207. The first-order valence-electron chi connectivity index (χ1n) is 20.1. The van der Waals surface area contributed by atoms with Crippen molar-refractivity contribution in [3.63, 3.8) is 0 Å². The largest absolute Gasteiger partial charge is 0.508 e. The van der Waals surface area contributed by atoms with Gasteiger partial charge in [-0.3, -0.25) is 0 Å². The smallest absolute Gasteiger partial charge is 0.229 e. The standard InChI is InChI=1S/C48H42O14/c49-19-35-44(57)45(58)46(59)48(62-35)60-28-17-31-39(33(56)18-28)37(21-3-9-24(51)10-4-21)41-30-14-27(54)16-34-40(30)43(47(61-34)22-5-11-25(52)12-6-22)29-13-26(53)15-32(55)38(29)36(42(31)41)20-1-7-23(50)8-2-20/h1-18,35-37,41-59H,19H2/t35-,36?,37-,41-,42-,43+,44-,45+,46-,47?,48-/m1/s1. The number of ether oxygens (including phenoxy) is 3. The van der Waals surface area contributed by atoms with Gasteiger partial charge in [-0.1, -0.05) is 36.4 Å². The van der Waals surface area contributed by atoms with Gasteiger partial charge in [-0.25, -0.2) is 0 Å². The number of phenols is 7. The lowest BCUT2D eigenvalue weighted by atomic mass is 9.63. The Labute approximate surface area is 353 Å². The third-order valence-electron chi connectivity index (χ3n) is 13.0. The third kappa shape index (κ3) is 6.21. The predicted octanol–water partition coefficient (Wildman–Crippen LogP) is 5.23. The van der Waals surface area contributed by atoms with Gasteiger partial charge in [0, 0.05) is 58.6 Å². The number of fused-ring (bicyclic) bond motifs is 6. The number of aromatic hydroxyl groups is 7. The van der Waals surface area contributed by atoms with Crippen molar-refractivity contribution in [2.45, 2.75) is 66.4 Å². The fourth-order valence-electron chi connectivity index (χ4n) is 10.4. The summed E-state index contributed by atoms with van der Waals surface area (Å²) in [5.41, 5.74) is 4.98. The highest BCUT2D eigenvalue weighted by Crippen LogP contribution is 2.69. The van der Waals surface area contributed by atoms with E-state index in [9.17, 15) is 56.2 Å². The Balaban J connectivity index is 1.28. The van der Waals surface area contributed by atoms with Gasteiger partial charge in [0.1, 0.15) is 82.3 Å². The van der Waals surface area contributed by atoms with Crippen LogP contribution in [0.15, 0.2) is 109 Å². The molecule has 10 rings (SSSR count). The molecule has 6 aromatic rings. The van der Waals surface area contributed by atoms with E-state index in [0.29, 0.717) is 55.8 Å². The van der Waals surface area contributed by atoms with E-state index in [4.69, 9.17) is 14.2 Å². The molecule has 4 aliphatic rings. The molecular formula is C48H42O14. The second kappa shape index (κ2) is 14.8. The van der Waals surface area contributed by atoms with Gasteiger partial charge in [0.05, 0.1) is 12.5 Å². The molecule has 6 aromatic carbocycles. The van der Waals surface area contributed by atoms with Crippen LogP contribution in [0.4, 0.5) is 0 Å². The van der Waals surface area contributed by atoms with Gasteiger partial charge in [-0.2, -0.15) is 0 Å². The van der Waals surface area contributed by atoms with Gasteiger partial charge in [0.25, 0.3) is 0 Å². The SMILES string of the molecule is OC[C@H]1O[C@@H](Oc2cc(O)c3c(c2)[C@@H]2C(c4ccc(O)cc4)c4c(O)cc(O)cc4[C@H]4c5c(cc(O)cc5[C@@H]2[C@@H]3c2ccc(O)cc2)OC4c2ccc(O)cc2)[C@H](O)[C@@H](O)[C@@H]1O. The maximum Gasteiger partial charge on any atom is 0.229 e. The zero-order chi connectivity index (χ0) is 43.3. The molecule has 11 N–H and O–H groups in total. The van der Waals surface area contributed by atoms with Crippen molar-refractivity contribution >= 4 is 0 Å². The first-order valence-corrected chi connectivity index (χ1v) is 20.1. The molecular weight excluding hydrogens is 801 g/mol. The van der Waals surface area contributed by atoms with Crippen LogP contribution in [0.3, 0.4) is 0 Å². The van der Waals surface area contributed by atoms with Crippen LogP contribution < -0.4 is 9.47 Å². The lowest BCUT2D eigenvalue weighted by Gasteiger charge is -2.40. The number of rotatable bonds is 6. The Hall–Kier alpha value is -6.68. The zero-order valence-electron chi connectivity index (χ0n) is 32.6. The number of benzene rings is 6. The first kappa shape index (κ1) is 39.5. The lowest BCUT2D eigenvalue weighted by Crippen LogP contribution is -2.60. The molecule has 2 aliphatic carbocycles. The molecule has 0 saturated carbocycles. The molecule has 2 unspecified atom stereocenters. The van der Waals surface area contributed by atoms with Crippen LogP contribution in [0.5, 0.6) is 51.7 Å². The summed E-state index contributed by atoms with van der Waals surface area (Å²) in [5, 5.41) is 121. The zero-order valence-corrected chi connectivity index (χ0v) is 32.6. The average Bonchev–Trinajstić information content (AvgIpc) is 3.78. The van der Waals surface area contributed by atoms with Crippen molar-refractivity contribution in [2.24, 2.45) is 0 Å². The predicted molar refractivity (Wildman–Crippen MR) is 219 cm³/mol. The Kier molecular flexibility index (Phi) is 9.39. The normalized spacial score (nSPS) is 28.1. The van der Waals surface area contributed by atoms with E-state index < -0.39 is 73.0 Å². The second-order valence-corrected chi connectivity index (χ2v) is 16.5. The Morgan fingerprint density at radius 2 is 0.968 bits per heavy atom. The molecule has 14 nitrogen and oxygen atoms in total. The van der Waals surface area contributed by atoms with E-state index in [1.54, 1.807) is 54.6 Å². The molecule has 11 atom stereocenters. The third-order valence-corrected chi connectivity index (χ3v) is 13.0. The van der Waals surface area contributed by atoms with Crippen LogP contribution in [0.1, 0.15) is 85.8 Å². The minimum atomic E-state index is -1.77. The molecule has 1 fully saturated rings. The molecule has 14 heteroatoms. The molecule has 62 heavy (non-hydrogen) atoms. The van der Waals surface area contributed by atoms with Gasteiger partial charge < -0.3 is 70.4 Å². The van der Waals surface area contributed by atoms with Crippen LogP contribution in [-0.2, 0) is 4.74 Å². The van der Waals surface area contributed by atoms with Crippen LogP contribution in [0.25, 0.3) is 0 Å². The summed E-state index contributed by atoms with van der Waals surface area (Å²) in [5.74, 6) is -4.37. The summed E-state index contributed by atoms with van der Waals surface area (Å²) in [6.07, 6.45) is -8.84. The van der Waals surface area contributed by atoms with E-state index in [1.165, 1.54) is 54.6 Å². The highest BCUT2D eigenvalue weighted by Gasteiger charge is 2.55. The number of aliphatic hydroxyl groups is 4. The molecule has 1 saturated heterocycles. The summed E-state index contributed by atoms with van der Waals surface area (Å²) in [6.45, 7) is -0.697.